The van der Waals surface area contributed by atoms with E-state index in [1.54, 1.807) is 0 Å². The molecular formula is C13H16FN3O5. The Kier molecular flexibility index (Phi) is 4.21. The van der Waals surface area contributed by atoms with Crippen LogP contribution in [0.2, 0.25) is 0 Å². The molecule has 1 unspecified atom stereocenters. The predicted molar refractivity (Wildman–Crippen MR) is 72.9 cm³/mol. The van der Waals surface area contributed by atoms with E-state index in [-0.39, 0.29) is 0 Å². The number of halogens is 1. The van der Waals surface area contributed by atoms with E-state index in [0.29, 0.717) is 10.8 Å². The molecule has 1 saturated heterocycles. The van der Waals surface area contributed by atoms with E-state index in [1.807, 2.05) is 0 Å². The van der Waals surface area contributed by atoms with Gasteiger partial charge in [-0.3, -0.25) is 4.57 Å². The fourth-order valence-electron chi connectivity index (χ4n) is 2.34. The van der Waals surface area contributed by atoms with Crippen molar-refractivity contribution in [1.29, 1.82) is 0 Å². The lowest BCUT2D eigenvalue weighted by Crippen LogP contribution is -2.48. The Morgan fingerprint density at radius 2 is 2.27 bits per heavy atom. The number of ether oxygens (including phenoxy) is 1. The van der Waals surface area contributed by atoms with Crippen LogP contribution in [0.1, 0.15) is 20.1 Å². The van der Waals surface area contributed by atoms with E-state index < -0.39 is 47.5 Å². The Morgan fingerprint density at radius 1 is 1.64 bits per heavy atom. The third-order valence-corrected chi connectivity index (χ3v) is 3.41. The van der Waals surface area contributed by atoms with Crippen molar-refractivity contribution in [3.05, 3.63) is 22.5 Å². The zero-order valence-corrected chi connectivity index (χ0v) is 11.9. The number of aliphatic hydroxyl groups is 3. The molecule has 5 N–H and O–H groups in total. The van der Waals surface area contributed by atoms with Crippen molar-refractivity contribution < 1.29 is 24.4 Å². The molecule has 1 aliphatic heterocycles. The van der Waals surface area contributed by atoms with Crippen LogP contribution in [-0.4, -0.2) is 48.8 Å². The van der Waals surface area contributed by atoms with Crippen molar-refractivity contribution in [3.63, 3.8) is 0 Å². The van der Waals surface area contributed by atoms with Gasteiger partial charge in [-0.1, -0.05) is 5.92 Å². The molecule has 1 aromatic rings. The monoisotopic (exact) mass is 313 g/mol. The van der Waals surface area contributed by atoms with Crippen LogP contribution in [-0.2, 0) is 4.74 Å². The molecule has 0 aromatic carbocycles. The minimum atomic E-state index is -2.22. The molecule has 9 heteroatoms. The summed E-state index contributed by atoms with van der Waals surface area (Å²) in [6, 6.07) is 0. The second-order valence-electron chi connectivity index (χ2n) is 5.00. The number of anilines is 1. The first-order valence-corrected chi connectivity index (χ1v) is 6.44. The highest BCUT2D eigenvalue weighted by Gasteiger charge is 2.57. The van der Waals surface area contributed by atoms with Crippen LogP contribution in [0.25, 0.3) is 0 Å². The van der Waals surface area contributed by atoms with Gasteiger partial charge in [-0.25, -0.2) is 9.18 Å². The molecule has 1 aliphatic rings. The zero-order valence-electron chi connectivity index (χ0n) is 11.9. The maximum atomic E-state index is 13.6. The number of nitrogen functional groups attached to an aromatic ring is 1. The van der Waals surface area contributed by atoms with E-state index >= 15 is 0 Å². The van der Waals surface area contributed by atoms with Crippen LogP contribution >= 0.6 is 0 Å². The molecule has 8 nitrogen and oxygen atoms in total. The molecule has 0 saturated carbocycles. The largest absolute Gasteiger partial charge is 0.391 e. The van der Waals surface area contributed by atoms with Gasteiger partial charge < -0.3 is 25.8 Å². The molecule has 0 amide bonds. The van der Waals surface area contributed by atoms with E-state index in [2.05, 4.69) is 16.8 Å². The summed E-state index contributed by atoms with van der Waals surface area (Å²) in [5.74, 6) is 3.16. The maximum Gasteiger partial charge on any atom is 0.351 e. The van der Waals surface area contributed by atoms with Gasteiger partial charge in [0.2, 0.25) is 0 Å². The van der Waals surface area contributed by atoms with Crippen LogP contribution in [0.4, 0.5) is 10.2 Å². The number of nitrogens with two attached hydrogens (primary N) is 1. The van der Waals surface area contributed by atoms with E-state index in [9.17, 15) is 24.5 Å². The molecule has 22 heavy (non-hydrogen) atoms. The predicted octanol–water partition coefficient (Wildman–Crippen LogP) is -1.64. The van der Waals surface area contributed by atoms with Gasteiger partial charge in [0.25, 0.3) is 0 Å². The van der Waals surface area contributed by atoms with Gasteiger partial charge in [0.1, 0.15) is 12.2 Å². The standard InChI is InChI=1S/C13H16FN3O5/c1-3-4-13(21)9(19)8(6(2)18)22-11(13)17-5-7(14)10(15)16-12(17)20/h5-6,8-9,11,18-19,21H,1-2H3,(H2,15,16,20)/t6-,8-,9+,11-,13?/m1/s1. The van der Waals surface area contributed by atoms with Gasteiger partial charge in [0.15, 0.2) is 23.5 Å². The summed E-state index contributed by atoms with van der Waals surface area (Å²) in [5.41, 5.74) is 1.99. The number of aliphatic hydroxyl groups excluding tert-OH is 2. The zero-order chi connectivity index (χ0) is 16.7. The van der Waals surface area contributed by atoms with Crippen LogP contribution in [0.3, 0.4) is 0 Å². The minimum Gasteiger partial charge on any atom is -0.391 e. The first kappa shape index (κ1) is 16.4. The van der Waals surface area contributed by atoms with E-state index in [4.69, 9.17) is 10.5 Å². The molecule has 0 radical (unpaired) electrons. The lowest BCUT2D eigenvalue weighted by molar-refractivity contribution is -0.0886. The number of hydrogen-bond donors (Lipinski definition) is 4. The van der Waals surface area contributed by atoms with Crippen LogP contribution in [0, 0.1) is 17.7 Å². The van der Waals surface area contributed by atoms with Crippen molar-refractivity contribution in [3.8, 4) is 11.8 Å². The summed E-state index contributed by atoms with van der Waals surface area (Å²) in [4.78, 5) is 15.1. The molecule has 2 heterocycles. The maximum absolute atomic E-state index is 13.6. The first-order valence-electron chi connectivity index (χ1n) is 6.44. The average Bonchev–Trinajstić information content (AvgIpc) is 2.68. The second-order valence-corrected chi connectivity index (χ2v) is 5.00. The summed E-state index contributed by atoms with van der Waals surface area (Å²) in [6.07, 6.45) is -4.84. The van der Waals surface area contributed by atoms with Gasteiger partial charge in [-0.2, -0.15) is 4.98 Å². The highest BCUT2D eigenvalue weighted by Crippen LogP contribution is 2.38. The number of rotatable bonds is 2. The average molecular weight is 313 g/mol. The quantitative estimate of drug-likeness (QED) is 0.482. The van der Waals surface area contributed by atoms with Crippen LogP contribution in [0.15, 0.2) is 11.0 Å². The van der Waals surface area contributed by atoms with Crippen LogP contribution < -0.4 is 11.4 Å². The smallest absolute Gasteiger partial charge is 0.351 e. The fraction of sp³-hybridized carbons (Fsp3) is 0.538. The summed E-state index contributed by atoms with van der Waals surface area (Å²) < 4.78 is 19.5. The van der Waals surface area contributed by atoms with Gasteiger partial charge in [-0.05, 0) is 13.8 Å². The molecule has 0 spiro atoms. The first-order chi connectivity index (χ1) is 10.2. The molecule has 5 atom stereocenters. The Morgan fingerprint density at radius 3 is 2.82 bits per heavy atom. The Bertz CT molecular complexity index is 695. The lowest BCUT2D eigenvalue weighted by Gasteiger charge is -2.26. The van der Waals surface area contributed by atoms with Gasteiger partial charge in [-0.15, -0.1) is 5.92 Å². The topological polar surface area (TPSA) is 131 Å². The Hall–Kier alpha value is -1.99. The van der Waals surface area contributed by atoms with Crippen LogP contribution in [0.5, 0.6) is 0 Å². The SMILES string of the molecule is CC#CC1(O)[C@@H](O)[C@@H]([C@@H](C)O)O[C@H]1n1cc(F)c(N)nc1=O. The normalized spacial score (nSPS) is 32.4. The third kappa shape index (κ3) is 2.46. The van der Waals surface area contributed by atoms with Crippen molar-refractivity contribution in [2.75, 3.05) is 5.73 Å². The van der Waals surface area contributed by atoms with Crippen molar-refractivity contribution in [2.45, 2.75) is 44.0 Å². The van der Waals surface area contributed by atoms with Gasteiger partial charge in [0, 0.05) is 0 Å². The second kappa shape index (κ2) is 5.66. The number of nitrogens with zero attached hydrogens (tertiary/aromatic N) is 2. The highest BCUT2D eigenvalue weighted by atomic mass is 19.1. The van der Waals surface area contributed by atoms with E-state index in [1.165, 1.54) is 13.8 Å². The van der Waals surface area contributed by atoms with E-state index in [0.717, 1.165) is 0 Å². The Balaban J connectivity index is 2.59. The molecule has 0 aliphatic carbocycles. The summed E-state index contributed by atoms with van der Waals surface area (Å²) >= 11 is 0. The number of hydrogen-bond acceptors (Lipinski definition) is 7. The molecule has 1 fully saturated rings. The third-order valence-electron chi connectivity index (χ3n) is 3.41. The van der Waals surface area contributed by atoms with Gasteiger partial charge in [0.05, 0.1) is 12.3 Å². The summed E-state index contributed by atoms with van der Waals surface area (Å²) in [6.45, 7) is 2.74. The summed E-state index contributed by atoms with van der Waals surface area (Å²) in [5, 5.41) is 30.4. The van der Waals surface area contributed by atoms with Crippen molar-refractivity contribution in [1.82, 2.24) is 9.55 Å². The van der Waals surface area contributed by atoms with Crippen molar-refractivity contribution in [2.24, 2.45) is 0 Å². The molecule has 120 valence electrons. The highest BCUT2D eigenvalue weighted by molar-refractivity contribution is 5.28. The number of aromatic nitrogens is 2. The molecule has 0 bridgehead atoms. The fourth-order valence-corrected chi connectivity index (χ4v) is 2.34. The summed E-state index contributed by atoms with van der Waals surface area (Å²) in [7, 11) is 0. The lowest BCUT2D eigenvalue weighted by atomic mass is 9.93. The molecule has 2 rings (SSSR count). The molecule has 1 aromatic heterocycles. The molecular weight excluding hydrogens is 297 g/mol. The van der Waals surface area contributed by atoms with Gasteiger partial charge >= 0.3 is 5.69 Å². The van der Waals surface area contributed by atoms with Crippen molar-refractivity contribution >= 4 is 5.82 Å². The Labute approximate surface area is 125 Å². The minimum absolute atomic E-state index is 0.600.